The molecule has 4 rings (SSSR count). The smallest absolute Gasteiger partial charge is 0.241 e. The van der Waals surface area contributed by atoms with Gasteiger partial charge in [0.1, 0.15) is 0 Å². The molecule has 0 radical (unpaired) electrons. The molecule has 4 nitrogen and oxygen atoms in total. The van der Waals surface area contributed by atoms with Crippen LogP contribution in [0.3, 0.4) is 0 Å². The van der Waals surface area contributed by atoms with Crippen LogP contribution in [0.1, 0.15) is 125 Å². The molecule has 2 unspecified atom stereocenters. The van der Waals surface area contributed by atoms with E-state index in [0.717, 1.165) is 54.5 Å². The Kier molecular flexibility index (Phi) is 11.6. The van der Waals surface area contributed by atoms with Gasteiger partial charge in [0.15, 0.2) is 0 Å². The molecule has 0 fully saturated rings. The highest BCUT2D eigenvalue weighted by Crippen LogP contribution is 2.37. The SMILES string of the molecule is CC(C)c1cc(C(C)C)c(S(=O)(=O)NC(c2ccccc2)C(NCCCC2=CCC=CC2)c2ccccc2)c(C(C)C)c1. The number of hydrogen-bond donors (Lipinski definition) is 2. The fourth-order valence-corrected chi connectivity index (χ4v) is 7.86. The minimum absolute atomic E-state index is 0.0601. The minimum Gasteiger partial charge on any atom is -0.308 e. The fourth-order valence-electron chi connectivity index (χ4n) is 5.93. The Balaban J connectivity index is 1.75. The maximum absolute atomic E-state index is 14.7. The quantitative estimate of drug-likeness (QED) is 0.144. The van der Waals surface area contributed by atoms with E-state index in [-0.39, 0.29) is 17.9 Å². The van der Waals surface area contributed by atoms with Gasteiger partial charge in [-0.25, -0.2) is 13.1 Å². The Hall–Kier alpha value is -2.99. The molecule has 5 heteroatoms. The van der Waals surface area contributed by atoms with E-state index in [1.807, 2.05) is 48.5 Å². The molecular formula is C38H50N2O2S. The van der Waals surface area contributed by atoms with Crippen LogP contribution in [-0.2, 0) is 10.0 Å². The van der Waals surface area contributed by atoms with E-state index in [9.17, 15) is 8.42 Å². The average molecular weight is 599 g/mol. The summed E-state index contributed by atoms with van der Waals surface area (Å²) in [5.74, 6) is 0.429. The topological polar surface area (TPSA) is 58.2 Å². The van der Waals surface area contributed by atoms with Crippen molar-refractivity contribution < 1.29 is 8.42 Å². The Morgan fingerprint density at radius 3 is 1.74 bits per heavy atom. The highest BCUT2D eigenvalue weighted by atomic mass is 32.2. The average Bonchev–Trinajstić information content (AvgIpc) is 3.00. The molecule has 3 aromatic carbocycles. The fraction of sp³-hybridized carbons (Fsp3) is 0.421. The molecule has 0 aromatic heterocycles. The van der Waals surface area contributed by atoms with Gasteiger partial charge in [0.2, 0.25) is 10.0 Å². The van der Waals surface area contributed by atoms with Gasteiger partial charge in [0.25, 0.3) is 0 Å². The van der Waals surface area contributed by atoms with Gasteiger partial charge in [-0.1, -0.05) is 138 Å². The first-order valence-corrected chi connectivity index (χ1v) is 17.4. The van der Waals surface area contributed by atoms with Gasteiger partial charge in [0, 0.05) is 0 Å². The highest BCUT2D eigenvalue weighted by Gasteiger charge is 2.33. The molecule has 0 saturated heterocycles. The lowest BCUT2D eigenvalue weighted by Crippen LogP contribution is -2.39. The summed E-state index contributed by atoms with van der Waals surface area (Å²) in [6.07, 6.45) is 10.9. The third-order valence-electron chi connectivity index (χ3n) is 8.41. The van der Waals surface area contributed by atoms with Crippen LogP contribution in [0, 0.1) is 0 Å². The molecule has 1 aliphatic carbocycles. The Morgan fingerprint density at radius 2 is 1.26 bits per heavy atom. The molecule has 2 N–H and O–H groups in total. The van der Waals surface area contributed by atoms with Gasteiger partial charge >= 0.3 is 0 Å². The number of benzene rings is 3. The minimum atomic E-state index is -3.91. The van der Waals surface area contributed by atoms with Crippen LogP contribution in [0.4, 0.5) is 0 Å². The summed E-state index contributed by atoms with van der Waals surface area (Å²) >= 11 is 0. The van der Waals surface area contributed by atoms with Crippen LogP contribution >= 0.6 is 0 Å². The molecule has 0 aliphatic heterocycles. The maximum Gasteiger partial charge on any atom is 0.241 e. The van der Waals surface area contributed by atoms with Crippen LogP contribution in [0.2, 0.25) is 0 Å². The molecule has 0 spiro atoms. The van der Waals surface area contributed by atoms with Gasteiger partial charge in [-0.3, -0.25) is 0 Å². The van der Waals surface area contributed by atoms with Crippen molar-refractivity contribution in [1.82, 2.24) is 10.0 Å². The summed E-state index contributed by atoms with van der Waals surface area (Å²) in [4.78, 5) is 0.437. The third-order valence-corrected chi connectivity index (χ3v) is 9.98. The zero-order chi connectivity index (χ0) is 31.0. The van der Waals surface area contributed by atoms with Gasteiger partial charge < -0.3 is 5.32 Å². The molecule has 0 heterocycles. The lowest BCUT2D eigenvalue weighted by Gasteiger charge is -2.31. The number of nitrogens with one attached hydrogen (secondary N) is 2. The molecule has 0 bridgehead atoms. The zero-order valence-corrected chi connectivity index (χ0v) is 27.6. The monoisotopic (exact) mass is 598 g/mol. The van der Waals surface area contributed by atoms with E-state index in [4.69, 9.17) is 0 Å². The molecule has 2 atom stereocenters. The van der Waals surface area contributed by atoms with Crippen LogP contribution in [0.5, 0.6) is 0 Å². The molecule has 1 aliphatic rings. The molecular weight excluding hydrogens is 548 g/mol. The second-order valence-corrected chi connectivity index (χ2v) is 14.4. The van der Waals surface area contributed by atoms with Crippen molar-refractivity contribution in [2.24, 2.45) is 0 Å². The normalized spacial score (nSPS) is 15.2. The summed E-state index contributed by atoms with van der Waals surface area (Å²) < 4.78 is 32.6. The summed E-state index contributed by atoms with van der Waals surface area (Å²) in [7, 11) is -3.91. The number of allylic oxidation sites excluding steroid dienone is 4. The van der Waals surface area contributed by atoms with Crippen molar-refractivity contribution >= 4 is 10.0 Å². The molecule has 0 amide bonds. The standard InChI is InChI=1S/C38H50N2O2S/c1-27(2)33-25-34(28(3)4)38(35(26-33)29(5)6)43(41,42)40-37(32-22-14-9-15-23-32)36(31-20-12-8-13-21-31)39-24-16-19-30-17-10-7-11-18-30/h7-10,12-15,18,20-23,25-29,36-37,39-40H,11,16-17,19,24H2,1-6H3. The van der Waals surface area contributed by atoms with E-state index in [0.29, 0.717) is 10.8 Å². The van der Waals surface area contributed by atoms with Crippen LogP contribution in [-0.4, -0.2) is 15.0 Å². The van der Waals surface area contributed by atoms with Crippen molar-refractivity contribution in [2.75, 3.05) is 6.54 Å². The number of rotatable bonds is 14. The lowest BCUT2D eigenvalue weighted by molar-refractivity contribution is 0.419. The zero-order valence-electron chi connectivity index (χ0n) is 26.8. The van der Waals surface area contributed by atoms with E-state index in [1.54, 1.807) is 0 Å². The maximum atomic E-state index is 14.7. The van der Waals surface area contributed by atoms with Crippen LogP contribution in [0.25, 0.3) is 0 Å². The predicted octanol–water partition coefficient (Wildman–Crippen LogP) is 9.46. The molecule has 3 aromatic rings. The summed E-state index contributed by atoms with van der Waals surface area (Å²) in [5, 5.41) is 3.77. The van der Waals surface area contributed by atoms with Gasteiger partial charge in [-0.2, -0.15) is 0 Å². The first-order chi connectivity index (χ1) is 20.6. The first kappa shape index (κ1) is 32.9. The van der Waals surface area contributed by atoms with Crippen molar-refractivity contribution in [3.8, 4) is 0 Å². The molecule has 0 saturated carbocycles. The summed E-state index contributed by atoms with van der Waals surface area (Å²) in [6, 6.07) is 23.7. The largest absolute Gasteiger partial charge is 0.308 e. The predicted molar refractivity (Wildman–Crippen MR) is 181 cm³/mol. The molecule has 43 heavy (non-hydrogen) atoms. The highest BCUT2D eigenvalue weighted by molar-refractivity contribution is 7.89. The Labute approximate surface area is 260 Å². The summed E-state index contributed by atoms with van der Waals surface area (Å²) in [5.41, 5.74) is 6.42. The van der Waals surface area contributed by atoms with Gasteiger partial charge in [0.05, 0.1) is 17.0 Å². The van der Waals surface area contributed by atoms with Crippen molar-refractivity contribution in [3.05, 3.63) is 124 Å². The van der Waals surface area contributed by atoms with Crippen LogP contribution in [0.15, 0.2) is 101 Å². The van der Waals surface area contributed by atoms with E-state index < -0.39 is 16.1 Å². The Bertz CT molecular complexity index is 1460. The Morgan fingerprint density at radius 1 is 0.698 bits per heavy atom. The van der Waals surface area contributed by atoms with Crippen LogP contribution < -0.4 is 10.0 Å². The first-order valence-electron chi connectivity index (χ1n) is 15.9. The van der Waals surface area contributed by atoms with E-state index in [2.05, 4.69) is 94.1 Å². The van der Waals surface area contributed by atoms with E-state index >= 15 is 0 Å². The number of sulfonamides is 1. The molecule has 230 valence electrons. The van der Waals surface area contributed by atoms with Crippen molar-refractivity contribution in [3.63, 3.8) is 0 Å². The second kappa shape index (κ2) is 15.1. The lowest BCUT2D eigenvalue weighted by atomic mass is 9.89. The third kappa shape index (κ3) is 8.56. The number of hydrogen-bond acceptors (Lipinski definition) is 3. The second-order valence-electron chi connectivity index (χ2n) is 12.7. The van der Waals surface area contributed by atoms with Crippen molar-refractivity contribution in [1.29, 1.82) is 0 Å². The van der Waals surface area contributed by atoms with Gasteiger partial charge in [-0.15, -0.1) is 0 Å². The summed E-state index contributed by atoms with van der Waals surface area (Å²) in [6.45, 7) is 13.5. The van der Waals surface area contributed by atoms with Crippen molar-refractivity contribution in [2.45, 2.75) is 102 Å². The van der Waals surface area contributed by atoms with Gasteiger partial charge in [-0.05, 0) is 77.8 Å². The van der Waals surface area contributed by atoms with E-state index in [1.165, 1.54) is 11.1 Å².